The minimum atomic E-state index is -4.43. The van der Waals surface area contributed by atoms with Gasteiger partial charge in [0.25, 0.3) is 0 Å². The van der Waals surface area contributed by atoms with Crippen LogP contribution in [0.4, 0.5) is 13.2 Å². The maximum atomic E-state index is 12.6. The number of halogens is 4. The largest absolute Gasteiger partial charge is 0.416 e. The predicted octanol–water partition coefficient (Wildman–Crippen LogP) is 5.48. The van der Waals surface area contributed by atoms with E-state index in [9.17, 15) is 18.0 Å². The van der Waals surface area contributed by atoms with Gasteiger partial charge >= 0.3 is 6.18 Å². The number of carbonyl (C=O) groups is 1. The highest BCUT2D eigenvalue weighted by Crippen LogP contribution is 2.32. The van der Waals surface area contributed by atoms with Gasteiger partial charge in [0.15, 0.2) is 5.78 Å². The van der Waals surface area contributed by atoms with Crippen molar-refractivity contribution >= 4 is 21.7 Å². The van der Waals surface area contributed by atoms with E-state index in [-0.39, 0.29) is 23.7 Å². The second-order valence-electron chi connectivity index (χ2n) is 4.71. The van der Waals surface area contributed by atoms with E-state index in [4.69, 9.17) is 0 Å². The third-order valence-electron chi connectivity index (χ3n) is 2.91. The van der Waals surface area contributed by atoms with Gasteiger partial charge in [-0.1, -0.05) is 42.6 Å². The van der Waals surface area contributed by atoms with Crippen molar-refractivity contribution in [3.05, 3.63) is 33.8 Å². The van der Waals surface area contributed by atoms with Gasteiger partial charge in [0.1, 0.15) is 0 Å². The molecule has 19 heavy (non-hydrogen) atoms. The van der Waals surface area contributed by atoms with Crippen LogP contribution in [-0.4, -0.2) is 5.78 Å². The minimum absolute atomic E-state index is 0.109. The summed E-state index contributed by atoms with van der Waals surface area (Å²) in [5.41, 5.74) is -0.681. The smallest absolute Gasteiger partial charge is 0.294 e. The number of ketones is 1. The molecule has 0 amide bonds. The van der Waals surface area contributed by atoms with Crippen molar-refractivity contribution in [3.8, 4) is 0 Å². The molecular formula is C14H16BrF3O. The molecule has 5 heteroatoms. The van der Waals surface area contributed by atoms with Crippen molar-refractivity contribution in [1.82, 2.24) is 0 Å². The molecule has 0 aromatic heterocycles. The van der Waals surface area contributed by atoms with E-state index < -0.39 is 11.7 Å². The third kappa shape index (κ3) is 4.64. The minimum Gasteiger partial charge on any atom is -0.294 e. The molecule has 0 saturated heterocycles. The summed E-state index contributed by atoms with van der Waals surface area (Å²) >= 11 is 3.14. The average Bonchev–Trinajstić information content (AvgIpc) is 2.27. The normalized spacial score (nSPS) is 13.4. The molecule has 1 aromatic carbocycles. The molecule has 0 spiro atoms. The molecule has 1 unspecified atom stereocenters. The van der Waals surface area contributed by atoms with E-state index in [1.165, 1.54) is 6.07 Å². The summed E-state index contributed by atoms with van der Waals surface area (Å²) in [7, 11) is 0. The lowest BCUT2D eigenvalue weighted by molar-refractivity contribution is -0.137. The molecule has 0 aliphatic carbocycles. The Hall–Kier alpha value is -0.840. The van der Waals surface area contributed by atoms with Gasteiger partial charge in [-0.3, -0.25) is 4.79 Å². The third-order valence-corrected chi connectivity index (χ3v) is 3.60. The van der Waals surface area contributed by atoms with Crippen LogP contribution < -0.4 is 0 Å². The van der Waals surface area contributed by atoms with Gasteiger partial charge in [-0.25, -0.2) is 0 Å². The first-order valence-corrected chi connectivity index (χ1v) is 6.95. The van der Waals surface area contributed by atoms with E-state index in [1.54, 1.807) is 0 Å². The molecule has 1 aromatic rings. The zero-order valence-corrected chi connectivity index (χ0v) is 12.4. The summed E-state index contributed by atoms with van der Waals surface area (Å²) in [6, 6.07) is 3.17. The summed E-state index contributed by atoms with van der Waals surface area (Å²) in [6.45, 7) is 3.95. The molecule has 0 N–H and O–H groups in total. The van der Waals surface area contributed by atoms with Crippen molar-refractivity contribution in [2.24, 2.45) is 5.92 Å². The molecule has 0 saturated carbocycles. The number of benzene rings is 1. The van der Waals surface area contributed by atoms with E-state index in [1.807, 2.05) is 13.8 Å². The highest BCUT2D eigenvalue weighted by molar-refractivity contribution is 9.10. The Kier molecular flexibility index (Phi) is 5.59. The van der Waals surface area contributed by atoms with Crippen LogP contribution in [0.1, 0.15) is 49.0 Å². The Labute approximate surface area is 119 Å². The molecule has 1 nitrogen and oxygen atoms in total. The Morgan fingerprint density at radius 2 is 2.00 bits per heavy atom. The number of hydrogen-bond donors (Lipinski definition) is 0. The first-order chi connectivity index (χ1) is 8.75. The summed E-state index contributed by atoms with van der Waals surface area (Å²) in [5.74, 6) is -0.0714. The fourth-order valence-corrected chi connectivity index (χ4v) is 2.40. The van der Waals surface area contributed by atoms with Crippen LogP contribution in [0.5, 0.6) is 0 Å². The zero-order valence-electron chi connectivity index (χ0n) is 10.9. The summed E-state index contributed by atoms with van der Waals surface area (Å²) in [6.07, 6.45) is -2.31. The van der Waals surface area contributed by atoms with Gasteiger partial charge in [-0.15, -0.1) is 0 Å². The molecule has 106 valence electrons. The van der Waals surface area contributed by atoms with E-state index in [2.05, 4.69) is 15.9 Å². The second-order valence-corrected chi connectivity index (χ2v) is 5.57. The molecular weight excluding hydrogens is 321 g/mol. The van der Waals surface area contributed by atoms with Crippen LogP contribution in [0.25, 0.3) is 0 Å². The summed E-state index contributed by atoms with van der Waals surface area (Å²) in [5, 5.41) is 0. The number of Topliss-reactive ketones (excluding diaryl/α,β-unsaturated/α-hetero) is 1. The first-order valence-electron chi connectivity index (χ1n) is 6.15. The Morgan fingerprint density at radius 1 is 1.37 bits per heavy atom. The van der Waals surface area contributed by atoms with Gasteiger partial charge in [0.2, 0.25) is 0 Å². The molecule has 0 fully saturated rings. The van der Waals surface area contributed by atoms with Gasteiger partial charge in [-0.2, -0.15) is 13.2 Å². The number of carbonyl (C=O) groups excluding carboxylic acids is 1. The van der Waals surface area contributed by atoms with Crippen LogP contribution >= 0.6 is 15.9 Å². The Bertz CT molecular complexity index is 454. The average molecular weight is 337 g/mol. The maximum Gasteiger partial charge on any atom is 0.416 e. The lowest BCUT2D eigenvalue weighted by Gasteiger charge is -2.12. The molecule has 0 radical (unpaired) electrons. The van der Waals surface area contributed by atoms with Crippen LogP contribution in [0.2, 0.25) is 0 Å². The molecule has 1 rings (SSSR count). The summed E-state index contributed by atoms with van der Waals surface area (Å²) < 4.78 is 38.3. The first kappa shape index (κ1) is 16.2. The van der Waals surface area contributed by atoms with Gasteiger partial charge < -0.3 is 0 Å². The van der Waals surface area contributed by atoms with Crippen molar-refractivity contribution in [2.75, 3.05) is 0 Å². The van der Waals surface area contributed by atoms with E-state index in [0.29, 0.717) is 4.47 Å². The highest BCUT2D eigenvalue weighted by atomic mass is 79.9. The van der Waals surface area contributed by atoms with Gasteiger partial charge in [-0.05, 0) is 24.1 Å². The Morgan fingerprint density at radius 3 is 2.53 bits per heavy atom. The van der Waals surface area contributed by atoms with Crippen LogP contribution in [-0.2, 0) is 6.18 Å². The SMILES string of the molecule is CCCC(C)CC(=O)c1cc(C(F)(F)F)ccc1Br. The zero-order chi connectivity index (χ0) is 14.6. The fourth-order valence-electron chi connectivity index (χ4n) is 1.94. The molecule has 0 heterocycles. The Balaban J connectivity index is 2.96. The van der Waals surface area contributed by atoms with E-state index >= 15 is 0 Å². The molecule has 1 atom stereocenters. The van der Waals surface area contributed by atoms with Crippen molar-refractivity contribution < 1.29 is 18.0 Å². The highest BCUT2D eigenvalue weighted by Gasteiger charge is 2.31. The van der Waals surface area contributed by atoms with Crippen molar-refractivity contribution in [3.63, 3.8) is 0 Å². The molecule has 0 aliphatic rings. The van der Waals surface area contributed by atoms with Crippen LogP contribution in [0, 0.1) is 5.92 Å². The topological polar surface area (TPSA) is 17.1 Å². The van der Waals surface area contributed by atoms with Crippen molar-refractivity contribution in [1.29, 1.82) is 0 Å². The second kappa shape index (κ2) is 6.55. The van der Waals surface area contributed by atoms with E-state index in [0.717, 1.165) is 25.0 Å². The standard InChI is InChI=1S/C14H16BrF3O/c1-3-4-9(2)7-13(19)11-8-10(14(16,17)18)5-6-12(11)15/h5-6,8-9H,3-4,7H2,1-2H3. The maximum absolute atomic E-state index is 12.6. The van der Waals surface area contributed by atoms with Gasteiger partial charge in [0, 0.05) is 16.5 Å². The number of alkyl halides is 3. The quantitative estimate of drug-likeness (QED) is 0.651. The van der Waals surface area contributed by atoms with Gasteiger partial charge in [0.05, 0.1) is 5.56 Å². The lowest BCUT2D eigenvalue weighted by atomic mass is 9.95. The van der Waals surface area contributed by atoms with Crippen molar-refractivity contribution in [2.45, 2.75) is 39.3 Å². The number of rotatable bonds is 5. The molecule has 0 bridgehead atoms. The predicted molar refractivity (Wildman–Crippen MR) is 72.2 cm³/mol. The fraction of sp³-hybridized carbons (Fsp3) is 0.500. The number of hydrogen-bond acceptors (Lipinski definition) is 1. The lowest BCUT2D eigenvalue weighted by Crippen LogP contribution is -2.10. The van der Waals surface area contributed by atoms with Crippen LogP contribution in [0.3, 0.4) is 0 Å². The molecule has 0 aliphatic heterocycles. The monoisotopic (exact) mass is 336 g/mol. The summed E-state index contributed by atoms with van der Waals surface area (Å²) in [4.78, 5) is 12.0. The van der Waals surface area contributed by atoms with Crippen LogP contribution in [0.15, 0.2) is 22.7 Å².